The number of hydrogen-bond donors (Lipinski definition) is 8. The van der Waals surface area contributed by atoms with Crippen LogP contribution in [0.4, 0.5) is 0 Å². The molecule has 1 saturated heterocycles. The number of nitrogens with zero attached hydrogens (tertiary/aromatic N) is 1. The highest BCUT2D eigenvalue weighted by Crippen LogP contribution is 2.08. The molecule has 194 valence electrons. The van der Waals surface area contributed by atoms with E-state index in [4.69, 9.17) is 5.73 Å². The molecule has 1 fully saturated rings. The molecule has 1 aliphatic heterocycles. The van der Waals surface area contributed by atoms with Crippen molar-refractivity contribution < 1.29 is 34.2 Å². The number of carboxylic acid groups (broad SMARTS) is 2. The number of imidazole rings is 1. The highest BCUT2D eigenvalue weighted by Gasteiger charge is 2.32. The molecule has 2 heterocycles. The molecule has 4 atom stereocenters. The minimum Gasteiger partial charge on any atom is -0.481 e. The van der Waals surface area contributed by atoms with E-state index in [1.54, 1.807) is 0 Å². The Morgan fingerprint density at radius 2 is 1.77 bits per heavy atom. The second-order valence-corrected chi connectivity index (χ2v) is 8.33. The van der Waals surface area contributed by atoms with Gasteiger partial charge in [-0.2, -0.15) is 0 Å². The number of carboxylic acids is 2. The van der Waals surface area contributed by atoms with Crippen LogP contribution in [0, 0.1) is 0 Å². The van der Waals surface area contributed by atoms with Gasteiger partial charge in [-0.05, 0) is 45.2 Å². The molecule has 35 heavy (non-hydrogen) atoms. The van der Waals surface area contributed by atoms with Crippen molar-refractivity contribution in [2.45, 2.75) is 69.1 Å². The maximum atomic E-state index is 12.9. The fourth-order valence-corrected chi connectivity index (χ4v) is 3.69. The molecular formula is C21H33N7O7. The highest BCUT2D eigenvalue weighted by atomic mass is 16.4. The zero-order valence-corrected chi connectivity index (χ0v) is 19.3. The fraction of sp³-hybridized carbons (Fsp3) is 0.619. The van der Waals surface area contributed by atoms with Crippen molar-refractivity contribution in [3.8, 4) is 0 Å². The molecule has 9 N–H and O–H groups in total. The van der Waals surface area contributed by atoms with E-state index in [1.165, 1.54) is 12.5 Å². The van der Waals surface area contributed by atoms with Gasteiger partial charge in [-0.15, -0.1) is 0 Å². The number of aromatic amines is 1. The first-order chi connectivity index (χ1) is 16.7. The van der Waals surface area contributed by atoms with Crippen LogP contribution in [-0.2, 0) is 30.4 Å². The summed E-state index contributed by atoms with van der Waals surface area (Å²) in [5, 5.41) is 29.0. The summed E-state index contributed by atoms with van der Waals surface area (Å²) in [6, 6.07) is -4.38. The Morgan fingerprint density at radius 1 is 1.06 bits per heavy atom. The number of amides is 3. The zero-order valence-electron chi connectivity index (χ0n) is 19.3. The standard InChI is InChI=1S/C21H33N7O7/c22-6-2-1-4-14(19(32)28-16(21(34)35)8-12-10-23-11-25-12)26-20(33)15(9-17(29)30)27-18(31)13-5-3-7-24-13/h10-11,13-16,24H,1-9,22H2,(H,23,25)(H,26,33)(H,27,31)(H,28,32)(H,29,30)(H,34,35). The van der Waals surface area contributed by atoms with E-state index >= 15 is 0 Å². The number of nitrogens with one attached hydrogen (secondary N) is 5. The van der Waals surface area contributed by atoms with Gasteiger partial charge in [0.2, 0.25) is 17.7 Å². The minimum atomic E-state index is -1.41. The molecule has 1 aromatic heterocycles. The molecule has 0 saturated carbocycles. The Bertz CT molecular complexity index is 871. The van der Waals surface area contributed by atoms with E-state index in [2.05, 4.69) is 31.2 Å². The summed E-state index contributed by atoms with van der Waals surface area (Å²) in [5.41, 5.74) is 6.00. The summed E-state index contributed by atoms with van der Waals surface area (Å²) in [7, 11) is 0. The van der Waals surface area contributed by atoms with Crippen LogP contribution in [0.2, 0.25) is 0 Å². The first kappa shape index (κ1) is 27.7. The molecular weight excluding hydrogens is 462 g/mol. The zero-order chi connectivity index (χ0) is 25.8. The normalized spacial score (nSPS) is 17.7. The molecule has 0 radical (unpaired) electrons. The number of carbonyl (C=O) groups excluding carboxylic acids is 3. The summed E-state index contributed by atoms with van der Waals surface area (Å²) in [6.07, 6.45) is 4.56. The van der Waals surface area contributed by atoms with Crippen molar-refractivity contribution in [1.29, 1.82) is 0 Å². The number of aliphatic carboxylic acids is 2. The third kappa shape index (κ3) is 9.33. The Balaban J connectivity index is 2.10. The van der Waals surface area contributed by atoms with Crippen LogP contribution >= 0.6 is 0 Å². The van der Waals surface area contributed by atoms with Crippen LogP contribution in [0.5, 0.6) is 0 Å². The number of nitrogens with two attached hydrogens (primary N) is 1. The van der Waals surface area contributed by atoms with E-state index in [1.807, 2.05) is 0 Å². The third-order valence-corrected chi connectivity index (χ3v) is 5.56. The lowest BCUT2D eigenvalue weighted by Crippen LogP contribution is -2.57. The first-order valence-corrected chi connectivity index (χ1v) is 11.5. The van der Waals surface area contributed by atoms with Crippen LogP contribution in [-0.4, -0.2) is 87.1 Å². The lowest BCUT2D eigenvalue weighted by molar-refractivity contribution is -0.143. The summed E-state index contributed by atoms with van der Waals surface area (Å²) < 4.78 is 0. The quantitative estimate of drug-likeness (QED) is 0.123. The number of H-pyrrole nitrogens is 1. The number of rotatable bonds is 15. The predicted octanol–water partition coefficient (Wildman–Crippen LogP) is -2.15. The van der Waals surface area contributed by atoms with Crippen molar-refractivity contribution in [2.75, 3.05) is 13.1 Å². The molecule has 14 heteroatoms. The van der Waals surface area contributed by atoms with Gasteiger partial charge in [0.05, 0.1) is 18.8 Å². The van der Waals surface area contributed by atoms with Gasteiger partial charge in [0, 0.05) is 18.3 Å². The molecule has 4 unspecified atom stereocenters. The van der Waals surface area contributed by atoms with Gasteiger partial charge in [0.25, 0.3) is 0 Å². The molecule has 2 rings (SSSR count). The lowest BCUT2D eigenvalue weighted by atomic mass is 10.1. The monoisotopic (exact) mass is 495 g/mol. The molecule has 1 aromatic rings. The lowest BCUT2D eigenvalue weighted by Gasteiger charge is -2.24. The SMILES string of the molecule is NCCCCC(NC(=O)C(CC(=O)O)NC(=O)C1CCCN1)C(=O)NC(Cc1cnc[nH]1)C(=O)O. The number of carbonyl (C=O) groups is 5. The smallest absolute Gasteiger partial charge is 0.326 e. The van der Waals surface area contributed by atoms with Crippen molar-refractivity contribution >= 4 is 29.7 Å². The van der Waals surface area contributed by atoms with E-state index in [0.717, 1.165) is 6.42 Å². The fourth-order valence-electron chi connectivity index (χ4n) is 3.69. The van der Waals surface area contributed by atoms with Crippen molar-refractivity contribution in [3.05, 3.63) is 18.2 Å². The third-order valence-electron chi connectivity index (χ3n) is 5.56. The van der Waals surface area contributed by atoms with E-state index in [-0.39, 0.29) is 12.8 Å². The summed E-state index contributed by atoms with van der Waals surface area (Å²) in [6.45, 7) is 0.993. The van der Waals surface area contributed by atoms with Gasteiger partial charge in [0.1, 0.15) is 18.1 Å². The van der Waals surface area contributed by atoms with Crippen LogP contribution in [0.25, 0.3) is 0 Å². The molecule has 14 nitrogen and oxygen atoms in total. The van der Waals surface area contributed by atoms with E-state index < -0.39 is 60.2 Å². The van der Waals surface area contributed by atoms with Gasteiger partial charge in [-0.1, -0.05) is 0 Å². The second-order valence-electron chi connectivity index (χ2n) is 8.33. The average molecular weight is 496 g/mol. The van der Waals surface area contributed by atoms with Crippen LogP contribution in [0.1, 0.15) is 44.2 Å². The Kier molecular flexibility index (Phi) is 11.1. The maximum Gasteiger partial charge on any atom is 0.326 e. The number of aromatic nitrogens is 2. The molecule has 0 spiro atoms. The Labute approximate surface area is 201 Å². The largest absolute Gasteiger partial charge is 0.481 e. The summed E-state index contributed by atoms with van der Waals surface area (Å²) in [5.74, 6) is -4.69. The van der Waals surface area contributed by atoms with Gasteiger partial charge in [-0.25, -0.2) is 9.78 Å². The molecule has 0 bridgehead atoms. The van der Waals surface area contributed by atoms with Crippen molar-refractivity contribution in [1.82, 2.24) is 31.2 Å². The molecule has 0 aromatic carbocycles. The van der Waals surface area contributed by atoms with Crippen molar-refractivity contribution in [2.24, 2.45) is 5.73 Å². The number of unbranched alkanes of at least 4 members (excludes halogenated alkanes) is 1. The molecule has 3 amide bonds. The van der Waals surface area contributed by atoms with Crippen molar-refractivity contribution in [3.63, 3.8) is 0 Å². The second kappa shape index (κ2) is 14.0. The topological polar surface area (TPSA) is 229 Å². The number of hydrogen-bond acceptors (Lipinski definition) is 8. The maximum absolute atomic E-state index is 12.9. The van der Waals surface area contributed by atoms with Crippen LogP contribution < -0.4 is 27.0 Å². The van der Waals surface area contributed by atoms with Gasteiger partial charge in [-0.3, -0.25) is 19.2 Å². The first-order valence-electron chi connectivity index (χ1n) is 11.5. The van der Waals surface area contributed by atoms with E-state index in [9.17, 15) is 34.2 Å². The average Bonchev–Trinajstić information content (AvgIpc) is 3.51. The minimum absolute atomic E-state index is 0.0589. The van der Waals surface area contributed by atoms with Crippen LogP contribution in [0.15, 0.2) is 12.5 Å². The Morgan fingerprint density at radius 3 is 2.34 bits per heavy atom. The molecule has 0 aliphatic carbocycles. The summed E-state index contributed by atoms with van der Waals surface area (Å²) >= 11 is 0. The highest BCUT2D eigenvalue weighted by molar-refractivity contribution is 5.95. The van der Waals surface area contributed by atoms with Crippen LogP contribution in [0.3, 0.4) is 0 Å². The Hall–Kier alpha value is -3.52. The van der Waals surface area contributed by atoms with Gasteiger partial charge >= 0.3 is 11.9 Å². The predicted molar refractivity (Wildman–Crippen MR) is 122 cm³/mol. The van der Waals surface area contributed by atoms with E-state index in [0.29, 0.717) is 38.0 Å². The van der Waals surface area contributed by atoms with Gasteiger partial charge < -0.3 is 42.2 Å². The molecule has 1 aliphatic rings. The summed E-state index contributed by atoms with van der Waals surface area (Å²) in [4.78, 5) is 67.8. The van der Waals surface area contributed by atoms with Gasteiger partial charge in [0.15, 0.2) is 0 Å².